The second-order valence-corrected chi connectivity index (χ2v) is 5.51. The summed E-state index contributed by atoms with van der Waals surface area (Å²) in [6.07, 6.45) is 5.45. The van der Waals surface area contributed by atoms with Crippen LogP contribution < -0.4 is 5.73 Å². The van der Waals surface area contributed by atoms with Crippen molar-refractivity contribution < 1.29 is 0 Å². The van der Waals surface area contributed by atoms with Crippen LogP contribution in [0.4, 0.5) is 0 Å². The maximum Gasteiger partial charge on any atom is 0.0136 e. The number of benzene rings is 1. The van der Waals surface area contributed by atoms with Gasteiger partial charge in [-0.25, -0.2) is 0 Å². The third-order valence-electron chi connectivity index (χ3n) is 3.07. The Hall–Kier alpha value is -0.470. The molecule has 0 aliphatic heterocycles. The highest BCUT2D eigenvalue weighted by atomic mass is 32.2. The molecule has 0 bridgehead atoms. The molecule has 2 heteroatoms. The SMILES string of the molecule is NC(CSc1ccccc1)CC1CCC1. The Balaban J connectivity index is 1.68. The minimum atomic E-state index is 0.375. The van der Waals surface area contributed by atoms with Gasteiger partial charge in [0.1, 0.15) is 0 Å². The molecule has 1 nitrogen and oxygen atoms in total. The highest BCUT2D eigenvalue weighted by molar-refractivity contribution is 7.99. The summed E-state index contributed by atoms with van der Waals surface area (Å²) >= 11 is 1.88. The van der Waals surface area contributed by atoms with Gasteiger partial charge in [-0.1, -0.05) is 37.5 Å². The Morgan fingerprint density at radius 2 is 2.00 bits per heavy atom. The molecule has 1 atom stereocenters. The molecule has 2 rings (SSSR count). The van der Waals surface area contributed by atoms with Crippen molar-refractivity contribution in [1.82, 2.24) is 0 Å². The molecule has 1 saturated carbocycles. The Labute approximate surface area is 96.4 Å². The Morgan fingerprint density at radius 3 is 2.60 bits per heavy atom. The van der Waals surface area contributed by atoms with Crippen molar-refractivity contribution in [1.29, 1.82) is 0 Å². The lowest BCUT2D eigenvalue weighted by Gasteiger charge is -2.27. The van der Waals surface area contributed by atoms with E-state index in [2.05, 4.69) is 30.3 Å². The fourth-order valence-electron chi connectivity index (χ4n) is 1.94. The largest absolute Gasteiger partial charge is 0.327 e. The van der Waals surface area contributed by atoms with E-state index in [4.69, 9.17) is 5.73 Å². The fourth-order valence-corrected chi connectivity index (χ4v) is 2.84. The Morgan fingerprint density at radius 1 is 1.27 bits per heavy atom. The van der Waals surface area contributed by atoms with Crippen molar-refractivity contribution in [2.24, 2.45) is 11.7 Å². The molecule has 1 fully saturated rings. The molecule has 1 aromatic rings. The number of hydrogen-bond donors (Lipinski definition) is 1. The van der Waals surface area contributed by atoms with Crippen LogP contribution in [0.1, 0.15) is 25.7 Å². The van der Waals surface area contributed by atoms with E-state index in [1.165, 1.54) is 30.6 Å². The van der Waals surface area contributed by atoms with E-state index in [0.717, 1.165) is 11.7 Å². The summed E-state index contributed by atoms with van der Waals surface area (Å²) in [5, 5.41) is 0. The van der Waals surface area contributed by atoms with Crippen LogP contribution in [-0.2, 0) is 0 Å². The normalized spacial score (nSPS) is 18.5. The van der Waals surface area contributed by atoms with Gasteiger partial charge < -0.3 is 5.73 Å². The van der Waals surface area contributed by atoms with Gasteiger partial charge in [0.2, 0.25) is 0 Å². The summed E-state index contributed by atoms with van der Waals surface area (Å²) in [6.45, 7) is 0. The van der Waals surface area contributed by atoms with Crippen molar-refractivity contribution in [3.05, 3.63) is 30.3 Å². The van der Waals surface area contributed by atoms with Crippen molar-refractivity contribution in [2.75, 3.05) is 5.75 Å². The van der Waals surface area contributed by atoms with Crippen LogP contribution in [0.5, 0.6) is 0 Å². The van der Waals surface area contributed by atoms with Crippen molar-refractivity contribution >= 4 is 11.8 Å². The lowest BCUT2D eigenvalue weighted by atomic mass is 9.81. The maximum atomic E-state index is 6.11. The third-order valence-corrected chi connectivity index (χ3v) is 4.27. The lowest BCUT2D eigenvalue weighted by molar-refractivity contribution is 0.282. The highest BCUT2D eigenvalue weighted by Gasteiger charge is 2.19. The average Bonchev–Trinajstić information content (AvgIpc) is 2.22. The Kier molecular flexibility index (Phi) is 4.09. The maximum absolute atomic E-state index is 6.11. The van der Waals surface area contributed by atoms with Gasteiger partial charge in [0.25, 0.3) is 0 Å². The minimum absolute atomic E-state index is 0.375. The van der Waals surface area contributed by atoms with Gasteiger partial charge in [0.05, 0.1) is 0 Å². The second-order valence-electron chi connectivity index (χ2n) is 4.42. The number of rotatable bonds is 5. The van der Waals surface area contributed by atoms with Crippen LogP contribution in [0.3, 0.4) is 0 Å². The highest BCUT2D eigenvalue weighted by Crippen LogP contribution is 2.31. The zero-order chi connectivity index (χ0) is 10.5. The first kappa shape index (κ1) is 11.0. The summed E-state index contributed by atoms with van der Waals surface area (Å²) in [5.41, 5.74) is 6.11. The molecule has 0 saturated heterocycles. The molecule has 1 aliphatic rings. The van der Waals surface area contributed by atoms with Crippen LogP contribution in [0, 0.1) is 5.92 Å². The molecular formula is C13H19NS. The van der Waals surface area contributed by atoms with E-state index in [9.17, 15) is 0 Å². The zero-order valence-corrected chi connectivity index (χ0v) is 9.88. The monoisotopic (exact) mass is 221 g/mol. The molecule has 0 radical (unpaired) electrons. The van der Waals surface area contributed by atoms with Crippen LogP contribution in [-0.4, -0.2) is 11.8 Å². The molecular weight excluding hydrogens is 202 g/mol. The van der Waals surface area contributed by atoms with E-state index in [1.54, 1.807) is 0 Å². The molecule has 0 aromatic heterocycles. The van der Waals surface area contributed by atoms with Gasteiger partial charge in [-0.15, -0.1) is 11.8 Å². The number of nitrogens with two attached hydrogens (primary N) is 1. The van der Waals surface area contributed by atoms with Gasteiger partial charge in [0, 0.05) is 16.7 Å². The third kappa shape index (κ3) is 3.54. The predicted octanol–water partition coefficient (Wildman–Crippen LogP) is 3.30. The summed E-state index contributed by atoms with van der Waals surface area (Å²) < 4.78 is 0. The van der Waals surface area contributed by atoms with Gasteiger partial charge in [0.15, 0.2) is 0 Å². The van der Waals surface area contributed by atoms with E-state index < -0.39 is 0 Å². The van der Waals surface area contributed by atoms with Crippen molar-refractivity contribution in [2.45, 2.75) is 36.6 Å². The van der Waals surface area contributed by atoms with Crippen LogP contribution >= 0.6 is 11.8 Å². The topological polar surface area (TPSA) is 26.0 Å². The summed E-state index contributed by atoms with van der Waals surface area (Å²) in [7, 11) is 0. The van der Waals surface area contributed by atoms with Crippen LogP contribution in [0.15, 0.2) is 35.2 Å². The van der Waals surface area contributed by atoms with Gasteiger partial charge in [-0.3, -0.25) is 0 Å². The lowest BCUT2D eigenvalue weighted by Crippen LogP contribution is -2.28. The van der Waals surface area contributed by atoms with E-state index in [-0.39, 0.29) is 0 Å². The number of thioether (sulfide) groups is 1. The smallest absolute Gasteiger partial charge is 0.0136 e. The van der Waals surface area contributed by atoms with Crippen LogP contribution in [0.2, 0.25) is 0 Å². The van der Waals surface area contributed by atoms with Gasteiger partial charge in [-0.05, 0) is 24.5 Å². The average molecular weight is 221 g/mol. The quantitative estimate of drug-likeness (QED) is 0.772. The molecule has 1 aliphatic carbocycles. The summed E-state index contributed by atoms with van der Waals surface area (Å²) in [5.74, 6) is 1.98. The molecule has 1 aromatic carbocycles. The van der Waals surface area contributed by atoms with Crippen molar-refractivity contribution in [3.63, 3.8) is 0 Å². The first-order valence-corrected chi connectivity index (χ1v) is 6.76. The number of hydrogen-bond acceptors (Lipinski definition) is 2. The van der Waals surface area contributed by atoms with E-state index in [0.29, 0.717) is 6.04 Å². The van der Waals surface area contributed by atoms with E-state index >= 15 is 0 Å². The molecule has 0 spiro atoms. The fraction of sp³-hybridized carbons (Fsp3) is 0.538. The summed E-state index contributed by atoms with van der Waals surface area (Å²) in [6, 6.07) is 10.9. The molecule has 0 heterocycles. The zero-order valence-electron chi connectivity index (χ0n) is 9.06. The van der Waals surface area contributed by atoms with Gasteiger partial charge in [-0.2, -0.15) is 0 Å². The summed E-state index contributed by atoms with van der Waals surface area (Å²) in [4.78, 5) is 1.33. The molecule has 0 amide bonds. The standard InChI is InChI=1S/C13H19NS/c14-12(9-11-5-4-6-11)10-15-13-7-2-1-3-8-13/h1-3,7-8,11-12H,4-6,9-10,14H2. The van der Waals surface area contributed by atoms with Crippen LogP contribution in [0.25, 0.3) is 0 Å². The van der Waals surface area contributed by atoms with E-state index in [1.807, 2.05) is 11.8 Å². The first-order valence-electron chi connectivity index (χ1n) is 5.78. The van der Waals surface area contributed by atoms with Gasteiger partial charge >= 0.3 is 0 Å². The van der Waals surface area contributed by atoms with Crippen molar-refractivity contribution in [3.8, 4) is 0 Å². The molecule has 15 heavy (non-hydrogen) atoms. The molecule has 82 valence electrons. The predicted molar refractivity (Wildman–Crippen MR) is 67.1 cm³/mol. The first-order chi connectivity index (χ1) is 7.34. The molecule has 1 unspecified atom stereocenters. The molecule has 2 N–H and O–H groups in total. The second kappa shape index (κ2) is 5.57. The Bertz CT molecular complexity index is 282. The minimum Gasteiger partial charge on any atom is -0.327 e.